The molecule has 0 unspecified atom stereocenters. The number of benzene rings is 2. The van der Waals surface area contributed by atoms with Crippen LogP contribution in [0.15, 0.2) is 80.9 Å². The molecule has 2 rings (SSSR count). The van der Waals surface area contributed by atoms with Crippen LogP contribution in [0, 0.1) is 0 Å². The summed E-state index contributed by atoms with van der Waals surface area (Å²) in [5, 5.41) is 0. The van der Waals surface area contributed by atoms with Crippen LogP contribution in [0.5, 0.6) is 0 Å². The van der Waals surface area contributed by atoms with Crippen molar-refractivity contribution in [2.75, 3.05) is 0 Å². The molecular formula is C14H13NO4S2. The number of rotatable bonds is 4. The molecule has 0 saturated carbocycles. The molecule has 0 radical (unpaired) electrons. The van der Waals surface area contributed by atoms with E-state index < -0.39 is 23.9 Å². The zero-order valence-corrected chi connectivity index (χ0v) is 12.5. The van der Waals surface area contributed by atoms with Crippen LogP contribution in [0.4, 0.5) is 0 Å². The molecule has 0 saturated heterocycles. The third-order valence-electron chi connectivity index (χ3n) is 2.77. The average molecular weight is 323 g/mol. The highest BCUT2D eigenvalue weighted by Gasteiger charge is 2.33. The summed E-state index contributed by atoms with van der Waals surface area (Å²) in [7, 11) is -8.42. The Bertz CT molecular complexity index is 784. The first kappa shape index (κ1) is 15.3. The van der Waals surface area contributed by atoms with Gasteiger partial charge in [0.2, 0.25) is 19.7 Å². The molecule has 0 fully saturated rings. The molecule has 0 aliphatic heterocycles. The highest BCUT2D eigenvalue weighted by molar-refractivity contribution is 8.14. The summed E-state index contributed by atoms with van der Waals surface area (Å²) in [6.45, 7) is 0. The van der Waals surface area contributed by atoms with Gasteiger partial charge in [-0.1, -0.05) is 36.4 Å². The maximum atomic E-state index is 12.5. The molecule has 2 aromatic rings. The average Bonchev–Trinajstić information content (AvgIpc) is 2.49. The minimum atomic E-state index is -4.21. The molecule has 21 heavy (non-hydrogen) atoms. The summed E-state index contributed by atoms with van der Waals surface area (Å²) in [5.74, 6) is 0. The molecule has 7 heteroatoms. The first-order valence-electron chi connectivity index (χ1n) is 5.93. The summed E-state index contributed by atoms with van der Waals surface area (Å²) in [6, 6.07) is 14.6. The second-order valence-electron chi connectivity index (χ2n) is 4.12. The van der Waals surface area contributed by atoms with Crippen LogP contribution in [0.3, 0.4) is 0 Å². The predicted molar refractivity (Wildman–Crippen MR) is 79.5 cm³/mol. The van der Waals surface area contributed by atoms with Crippen LogP contribution in [-0.2, 0) is 19.7 Å². The van der Waals surface area contributed by atoms with E-state index >= 15 is 0 Å². The number of hydrogen-bond donors (Lipinski definition) is 1. The maximum absolute atomic E-state index is 12.5. The van der Waals surface area contributed by atoms with Gasteiger partial charge in [0, 0.05) is 6.20 Å². The molecule has 5 nitrogen and oxygen atoms in total. The van der Waals surface area contributed by atoms with Crippen LogP contribution in [0.2, 0.25) is 0 Å². The van der Waals surface area contributed by atoms with Crippen molar-refractivity contribution in [3.05, 3.63) is 71.1 Å². The minimum Gasteiger partial charge on any atom is -0.403 e. The number of hydrogen-bond acceptors (Lipinski definition) is 5. The second kappa shape index (κ2) is 5.71. The zero-order chi connectivity index (χ0) is 15.5. The first-order chi connectivity index (χ1) is 9.90. The van der Waals surface area contributed by atoms with Crippen LogP contribution in [-0.4, -0.2) is 16.8 Å². The molecule has 2 N–H and O–H groups in total. The fourth-order valence-electron chi connectivity index (χ4n) is 1.76. The van der Waals surface area contributed by atoms with Gasteiger partial charge in [0.05, 0.1) is 9.79 Å². The third kappa shape index (κ3) is 2.84. The van der Waals surface area contributed by atoms with Gasteiger partial charge in [0.25, 0.3) is 0 Å². The Morgan fingerprint density at radius 3 is 1.33 bits per heavy atom. The molecule has 0 amide bonds. The van der Waals surface area contributed by atoms with Gasteiger partial charge >= 0.3 is 0 Å². The highest BCUT2D eigenvalue weighted by atomic mass is 32.3. The van der Waals surface area contributed by atoms with Crippen LogP contribution in [0.1, 0.15) is 0 Å². The van der Waals surface area contributed by atoms with E-state index in [-0.39, 0.29) is 9.79 Å². The molecule has 110 valence electrons. The van der Waals surface area contributed by atoms with Crippen molar-refractivity contribution in [3.8, 4) is 0 Å². The zero-order valence-electron chi connectivity index (χ0n) is 10.9. The lowest BCUT2D eigenvalue weighted by Crippen LogP contribution is -2.16. The largest absolute Gasteiger partial charge is 0.403 e. The van der Waals surface area contributed by atoms with E-state index in [0.29, 0.717) is 6.20 Å². The summed E-state index contributed by atoms with van der Waals surface area (Å²) in [5.41, 5.74) is 5.30. The summed E-state index contributed by atoms with van der Waals surface area (Å²) in [4.78, 5) is -0.248. The third-order valence-corrected chi connectivity index (χ3v) is 7.21. The van der Waals surface area contributed by atoms with Crippen molar-refractivity contribution in [1.82, 2.24) is 0 Å². The minimum absolute atomic E-state index is 0.124. The van der Waals surface area contributed by atoms with E-state index in [1.807, 2.05) is 0 Å². The van der Waals surface area contributed by atoms with Gasteiger partial charge in [-0.25, -0.2) is 16.8 Å². The molecule has 0 spiro atoms. The van der Waals surface area contributed by atoms with Gasteiger partial charge in [-0.2, -0.15) is 0 Å². The standard InChI is InChI=1S/C14H13NO4S2/c15-11-14(20(16,17)12-7-3-1-4-8-12)21(18,19)13-9-5-2-6-10-13/h1-11H,15H2. The topological polar surface area (TPSA) is 94.3 Å². The van der Waals surface area contributed by atoms with Gasteiger partial charge in [-0.3, -0.25) is 0 Å². The molecule has 0 heterocycles. The Hall–Kier alpha value is -2.12. The van der Waals surface area contributed by atoms with E-state index in [1.54, 1.807) is 12.1 Å². The Labute approximate surface area is 123 Å². The number of nitrogens with two attached hydrogens (primary N) is 1. The van der Waals surface area contributed by atoms with Gasteiger partial charge < -0.3 is 5.73 Å². The van der Waals surface area contributed by atoms with Crippen molar-refractivity contribution in [2.24, 2.45) is 5.73 Å². The predicted octanol–water partition coefficient (Wildman–Crippen LogP) is 1.69. The van der Waals surface area contributed by atoms with E-state index in [9.17, 15) is 16.8 Å². The molecule has 0 aliphatic rings. The van der Waals surface area contributed by atoms with Gasteiger partial charge in [0.15, 0.2) is 4.24 Å². The molecule has 0 bridgehead atoms. The van der Waals surface area contributed by atoms with Crippen LogP contribution >= 0.6 is 0 Å². The number of sulfone groups is 2. The van der Waals surface area contributed by atoms with E-state index in [2.05, 4.69) is 0 Å². The second-order valence-corrected chi connectivity index (χ2v) is 8.21. The maximum Gasteiger partial charge on any atom is 0.219 e. The smallest absolute Gasteiger partial charge is 0.219 e. The van der Waals surface area contributed by atoms with Crippen molar-refractivity contribution in [3.63, 3.8) is 0 Å². The van der Waals surface area contributed by atoms with Gasteiger partial charge in [0.1, 0.15) is 0 Å². The monoisotopic (exact) mass is 323 g/mol. The molecule has 0 aliphatic carbocycles. The van der Waals surface area contributed by atoms with E-state index in [4.69, 9.17) is 5.73 Å². The Morgan fingerprint density at radius 2 is 1.05 bits per heavy atom. The Kier molecular flexibility index (Phi) is 4.15. The summed E-state index contributed by atoms with van der Waals surface area (Å²) < 4.78 is 49.0. The first-order valence-corrected chi connectivity index (χ1v) is 8.89. The van der Waals surface area contributed by atoms with E-state index in [0.717, 1.165) is 0 Å². The van der Waals surface area contributed by atoms with Crippen molar-refractivity contribution >= 4 is 19.7 Å². The van der Waals surface area contributed by atoms with Crippen molar-refractivity contribution < 1.29 is 16.8 Å². The van der Waals surface area contributed by atoms with Crippen LogP contribution in [0.25, 0.3) is 0 Å². The fraction of sp³-hybridized carbons (Fsp3) is 0. The van der Waals surface area contributed by atoms with E-state index in [1.165, 1.54) is 48.5 Å². The fourth-order valence-corrected chi connectivity index (χ4v) is 5.34. The Morgan fingerprint density at radius 1 is 0.714 bits per heavy atom. The quantitative estimate of drug-likeness (QED) is 0.924. The lowest BCUT2D eigenvalue weighted by atomic mass is 10.4. The molecular weight excluding hydrogens is 310 g/mol. The SMILES string of the molecule is NC=C(S(=O)(=O)c1ccccc1)S(=O)(=O)c1ccccc1. The molecule has 2 aromatic carbocycles. The molecule has 0 atom stereocenters. The molecule has 0 aromatic heterocycles. The summed E-state index contributed by atoms with van der Waals surface area (Å²) >= 11 is 0. The van der Waals surface area contributed by atoms with Crippen molar-refractivity contribution in [2.45, 2.75) is 9.79 Å². The van der Waals surface area contributed by atoms with Gasteiger partial charge in [-0.15, -0.1) is 0 Å². The van der Waals surface area contributed by atoms with Crippen LogP contribution < -0.4 is 5.73 Å². The normalized spacial score (nSPS) is 11.8. The summed E-state index contributed by atoms with van der Waals surface area (Å²) in [6.07, 6.45) is 0.616. The van der Waals surface area contributed by atoms with Crippen molar-refractivity contribution in [1.29, 1.82) is 0 Å². The van der Waals surface area contributed by atoms with Gasteiger partial charge in [-0.05, 0) is 24.3 Å². The Balaban J connectivity index is 2.62. The lowest BCUT2D eigenvalue weighted by molar-refractivity contribution is 0.595. The lowest BCUT2D eigenvalue weighted by Gasteiger charge is -2.09. The highest BCUT2D eigenvalue weighted by Crippen LogP contribution is 2.27.